The molecule has 0 saturated heterocycles. The van der Waals surface area contributed by atoms with Crippen LogP contribution in [0.15, 0.2) is 54.6 Å². The minimum Gasteiger partial charge on any atom is -0.352 e. The molecule has 1 heterocycles. The van der Waals surface area contributed by atoms with Gasteiger partial charge in [-0.3, -0.25) is 19.3 Å². The van der Waals surface area contributed by atoms with E-state index in [0.717, 1.165) is 23.3 Å². The maximum absolute atomic E-state index is 13.0. The third-order valence-electron chi connectivity index (χ3n) is 4.82. The van der Waals surface area contributed by atoms with Crippen molar-refractivity contribution >= 4 is 17.7 Å². The largest absolute Gasteiger partial charge is 0.352 e. The molecule has 27 heavy (non-hydrogen) atoms. The lowest BCUT2D eigenvalue weighted by molar-refractivity contribution is -0.125. The Morgan fingerprint density at radius 3 is 2.07 bits per heavy atom. The van der Waals surface area contributed by atoms with Crippen molar-refractivity contribution in [3.63, 3.8) is 0 Å². The van der Waals surface area contributed by atoms with Crippen LogP contribution in [0, 0.1) is 0 Å². The molecule has 1 aliphatic rings. The highest BCUT2D eigenvalue weighted by molar-refractivity contribution is 6.22. The van der Waals surface area contributed by atoms with E-state index >= 15 is 0 Å². The molecule has 5 heteroatoms. The van der Waals surface area contributed by atoms with Crippen LogP contribution in [0.2, 0.25) is 0 Å². The summed E-state index contributed by atoms with van der Waals surface area (Å²) in [6.07, 6.45) is 2.07. The van der Waals surface area contributed by atoms with Gasteiger partial charge in [-0.15, -0.1) is 0 Å². The van der Waals surface area contributed by atoms with Gasteiger partial charge in [-0.2, -0.15) is 0 Å². The quantitative estimate of drug-likeness (QED) is 0.767. The maximum Gasteiger partial charge on any atom is 0.262 e. The maximum atomic E-state index is 13.0. The number of hydrogen-bond donors (Lipinski definition) is 1. The molecule has 2 aromatic rings. The Morgan fingerprint density at radius 1 is 0.963 bits per heavy atom. The van der Waals surface area contributed by atoms with E-state index in [0.29, 0.717) is 11.1 Å². The third kappa shape index (κ3) is 3.92. The smallest absolute Gasteiger partial charge is 0.262 e. The molecular weight excluding hydrogens is 340 g/mol. The highest BCUT2D eigenvalue weighted by atomic mass is 16.2. The van der Waals surface area contributed by atoms with Crippen LogP contribution in [-0.2, 0) is 11.2 Å². The number of nitrogens with one attached hydrogen (secondary N) is 1. The molecule has 0 unspecified atom stereocenters. The molecule has 0 radical (unpaired) electrons. The highest BCUT2D eigenvalue weighted by Crippen LogP contribution is 2.26. The molecule has 2 aromatic carbocycles. The van der Waals surface area contributed by atoms with Gasteiger partial charge in [-0.05, 0) is 31.0 Å². The number of rotatable bonds is 7. The Bertz CT molecular complexity index is 813. The summed E-state index contributed by atoms with van der Waals surface area (Å²) in [4.78, 5) is 39.9. The molecule has 0 saturated carbocycles. The third-order valence-corrected chi connectivity index (χ3v) is 4.82. The van der Waals surface area contributed by atoms with Crippen LogP contribution >= 0.6 is 0 Å². The fraction of sp³-hybridized carbons (Fsp3) is 0.318. The summed E-state index contributed by atoms with van der Waals surface area (Å²) < 4.78 is 0. The lowest BCUT2D eigenvalue weighted by atomic mass is 10.0. The van der Waals surface area contributed by atoms with Gasteiger partial charge in [0.2, 0.25) is 5.91 Å². The predicted octanol–water partition coefficient (Wildman–Crippen LogP) is 3.20. The predicted molar refractivity (Wildman–Crippen MR) is 103 cm³/mol. The Hall–Kier alpha value is -2.95. The molecule has 5 nitrogen and oxygen atoms in total. The average molecular weight is 364 g/mol. The summed E-state index contributed by atoms with van der Waals surface area (Å²) in [5.41, 5.74) is 1.61. The Balaban J connectivity index is 1.91. The van der Waals surface area contributed by atoms with Crippen molar-refractivity contribution in [2.75, 3.05) is 0 Å². The SMILES string of the molecule is CCC[C@@H](C)NC(=O)[C@H](Cc1ccccc1)N1C(=O)c2ccccc2C1=O. The molecule has 1 N–H and O–H groups in total. The molecule has 3 amide bonds. The molecule has 3 rings (SSSR count). The van der Waals surface area contributed by atoms with Crippen LogP contribution < -0.4 is 5.32 Å². The summed E-state index contributed by atoms with van der Waals surface area (Å²) in [5, 5.41) is 2.96. The summed E-state index contributed by atoms with van der Waals surface area (Å²) >= 11 is 0. The van der Waals surface area contributed by atoms with Gasteiger partial charge in [0.25, 0.3) is 11.8 Å². The molecule has 0 aliphatic carbocycles. The van der Waals surface area contributed by atoms with E-state index < -0.39 is 17.9 Å². The molecule has 0 fully saturated rings. The molecular formula is C22H24N2O3. The fourth-order valence-electron chi connectivity index (χ4n) is 3.47. The van der Waals surface area contributed by atoms with Crippen molar-refractivity contribution in [3.05, 3.63) is 71.3 Å². The second-order valence-electron chi connectivity index (χ2n) is 6.93. The van der Waals surface area contributed by atoms with Gasteiger partial charge in [0.15, 0.2) is 0 Å². The first-order valence-electron chi connectivity index (χ1n) is 9.34. The van der Waals surface area contributed by atoms with Crippen LogP contribution in [0.5, 0.6) is 0 Å². The van der Waals surface area contributed by atoms with Gasteiger partial charge < -0.3 is 5.32 Å². The minimum absolute atomic E-state index is 0.0176. The summed E-state index contributed by atoms with van der Waals surface area (Å²) in [6, 6.07) is 15.3. The topological polar surface area (TPSA) is 66.5 Å². The number of nitrogens with zero attached hydrogens (tertiary/aromatic N) is 1. The zero-order valence-electron chi connectivity index (χ0n) is 15.6. The van der Waals surface area contributed by atoms with Crippen molar-refractivity contribution < 1.29 is 14.4 Å². The van der Waals surface area contributed by atoms with Gasteiger partial charge in [0.05, 0.1) is 11.1 Å². The van der Waals surface area contributed by atoms with Crippen molar-refractivity contribution in [2.24, 2.45) is 0 Å². The fourth-order valence-corrected chi connectivity index (χ4v) is 3.47. The number of hydrogen-bond acceptors (Lipinski definition) is 3. The van der Waals surface area contributed by atoms with Crippen LogP contribution in [0.1, 0.15) is 53.0 Å². The first kappa shape index (κ1) is 18.8. The lowest BCUT2D eigenvalue weighted by Gasteiger charge is -2.27. The zero-order valence-corrected chi connectivity index (χ0v) is 15.6. The van der Waals surface area contributed by atoms with Crippen molar-refractivity contribution in [1.29, 1.82) is 0 Å². The van der Waals surface area contributed by atoms with Crippen molar-refractivity contribution in [3.8, 4) is 0 Å². The van der Waals surface area contributed by atoms with Crippen molar-refractivity contribution in [1.82, 2.24) is 10.2 Å². The van der Waals surface area contributed by atoms with Gasteiger partial charge in [0, 0.05) is 12.5 Å². The van der Waals surface area contributed by atoms with E-state index in [4.69, 9.17) is 0 Å². The normalized spacial score (nSPS) is 15.4. The van der Waals surface area contributed by atoms with Crippen LogP contribution in [0.25, 0.3) is 0 Å². The van der Waals surface area contributed by atoms with Crippen LogP contribution in [-0.4, -0.2) is 34.7 Å². The molecule has 1 aliphatic heterocycles. The molecule has 2 atom stereocenters. The number of carbonyl (C=O) groups is 3. The Kier molecular flexibility index (Phi) is 5.69. The van der Waals surface area contributed by atoms with E-state index in [1.54, 1.807) is 24.3 Å². The zero-order chi connectivity index (χ0) is 19.4. The standard InChI is InChI=1S/C22H24N2O3/c1-3-9-15(2)23-20(25)19(14-16-10-5-4-6-11-16)24-21(26)17-12-7-8-13-18(17)22(24)27/h4-8,10-13,15,19H,3,9,14H2,1-2H3,(H,23,25)/t15-,19+/m1/s1. The average Bonchev–Trinajstić information content (AvgIpc) is 2.92. The second kappa shape index (κ2) is 8.16. The van der Waals surface area contributed by atoms with E-state index in [9.17, 15) is 14.4 Å². The lowest BCUT2D eigenvalue weighted by Crippen LogP contribution is -2.52. The van der Waals surface area contributed by atoms with E-state index in [-0.39, 0.29) is 18.4 Å². The number of benzene rings is 2. The van der Waals surface area contributed by atoms with Crippen LogP contribution in [0.4, 0.5) is 0 Å². The first-order valence-corrected chi connectivity index (χ1v) is 9.34. The van der Waals surface area contributed by atoms with Gasteiger partial charge in [-0.1, -0.05) is 55.8 Å². The van der Waals surface area contributed by atoms with Crippen LogP contribution in [0.3, 0.4) is 0 Å². The Morgan fingerprint density at radius 2 is 1.52 bits per heavy atom. The number of fused-ring (bicyclic) bond motifs is 1. The number of amides is 3. The van der Waals surface area contributed by atoms with E-state index in [1.807, 2.05) is 44.2 Å². The molecule has 0 aromatic heterocycles. The first-order chi connectivity index (χ1) is 13.0. The molecule has 0 bridgehead atoms. The monoisotopic (exact) mass is 364 g/mol. The van der Waals surface area contributed by atoms with E-state index in [2.05, 4.69) is 5.32 Å². The summed E-state index contributed by atoms with van der Waals surface area (Å²) in [6.45, 7) is 3.98. The summed E-state index contributed by atoms with van der Waals surface area (Å²) in [7, 11) is 0. The number of imide groups is 1. The minimum atomic E-state index is -0.876. The summed E-state index contributed by atoms with van der Waals surface area (Å²) in [5.74, 6) is -1.11. The highest BCUT2D eigenvalue weighted by Gasteiger charge is 2.42. The number of carbonyl (C=O) groups excluding carboxylic acids is 3. The molecule has 0 spiro atoms. The van der Waals surface area contributed by atoms with Gasteiger partial charge in [-0.25, -0.2) is 0 Å². The van der Waals surface area contributed by atoms with E-state index in [1.165, 1.54) is 0 Å². The molecule has 140 valence electrons. The Labute approximate surface area is 159 Å². The van der Waals surface area contributed by atoms with Crippen molar-refractivity contribution in [2.45, 2.75) is 45.2 Å². The second-order valence-corrected chi connectivity index (χ2v) is 6.93. The van der Waals surface area contributed by atoms with Gasteiger partial charge >= 0.3 is 0 Å². The van der Waals surface area contributed by atoms with Gasteiger partial charge in [0.1, 0.15) is 6.04 Å².